The molecule has 0 bridgehead atoms. The molecule has 1 aromatic carbocycles. The van der Waals surface area contributed by atoms with Crippen molar-refractivity contribution in [2.45, 2.75) is 39.2 Å². The topological polar surface area (TPSA) is 55.6 Å². The Morgan fingerprint density at radius 2 is 1.96 bits per heavy atom. The molecule has 23 heavy (non-hydrogen) atoms. The van der Waals surface area contributed by atoms with E-state index < -0.39 is 0 Å². The molecular weight excluding hydrogens is 292 g/mol. The summed E-state index contributed by atoms with van der Waals surface area (Å²) >= 11 is 0. The monoisotopic (exact) mass is 312 g/mol. The van der Waals surface area contributed by atoms with E-state index in [9.17, 15) is 4.79 Å². The molecule has 2 aliphatic rings. The number of carbonyl (C=O) groups excluding carboxylic acids is 1. The number of rotatable bonds is 1. The summed E-state index contributed by atoms with van der Waals surface area (Å²) in [5.41, 5.74) is 3.19. The minimum Gasteiger partial charge on any atom is -0.488 e. The van der Waals surface area contributed by atoms with Crippen LogP contribution in [0.15, 0.2) is 22.7 Å². The van der Waals surface area contributed by atoms with Crippen molar-refractivity contribution < 1.29 is 14.1 Å². The van der Waals surface area contributed by atoms with Gasteiger partial charge in [0, 0.05) is 13.1 Å². The highest BCUT2D eigenvalue weighted by molar-refractivity contribution is 5.95. The van der Waals surface area contributed by atoms with Crippen LogP contribution in [0.5, 0.6) is 5.75 Å². The lowest BCUT2D eigenvalue weighted by Crippen LogP contribution is -2.33. The third kappa shape index (κ3) is 2.50. The van der Waals surface area contributed by atoms with Gasteiger partial charge >= 0.3 is 0 Å². The molecule has 4 rings (SSSR count). The van der Waals surface area contributed by atoms with Crippen molar-refractivity contribution in [3.05, 3.63) is 35.0 Å². The number of ether oxygens (including phenoxy) is 1. The number of hydrogen-bond acceptors (Lipinski definition) is 4. The fourth-order valence-corrected chi connectivity index (χ4v) is 3.34. The Balaban J connectivity index is 1.69. The minimum absolute atomic E-state index is 0.0309. The van der Waals surface area contributed by atoms with Gasteiger partial charge in [-0.05, 0) is 31.9 Å². The molecule has 120 valence electrons. The predicted octanol–water partition coefficient (Wildman–Crippen LogP) is 3.56. The molecule has 3 heterocycles. The van der Waals surface area contributed by atoms with Crippen LogP contribution < -0.4 is 4.74 Å². The zero-order chi connectivity index (χ0) is 15.8. The lowest BCUT2D eigenvalue weighted by molar-refractivity contribution is 0.0749. The zero-order valence-electron chi connectivity index (χ0n) is 13.3. The number of benzene rings is 1. The van der Waals surface area contributed by atoms with Crippen LogP contribution in [0.1, 0.15) is 47.3 Å². The maximum Gasteiger partial charge on any atom is 0.276 e. The van der Waals surface area contributed by atoms with Crippen molar-refractivity contribution in [1.29, 1.82) is 0 Å². The number of amides is 1. The van der Waals surface area contributed by atoms with Gasteiger partial charge in [-0.3, -0.25) is 4.79 Å². The van der Waals surface area contributed by atoms with Gasteiger partial charge in [0.05, 0.1) is 11.1 Å². The Morgan fingerprint density at radius 1 is 1.17 bits per heavy atom. The number of carbonyl (C=O) groups is 1. The Kier molecular flexibility index (Phi) is 3.56. The lowest BCUT2D eigenvalue weighted by atomic mass is 10.0. The number of hydrogen-bond donors (Lipinski definition) is 0. The Labute approximate surface area is 135 Å². The molecular formula is C18H20N2O3. The zero-order valence-corrected chi connectivity index (χ0v) is 13.3. The summed E-state index contributed by atoms with van der Waals surface area (Å²) in [6.07, 6.45) is 4.50. The molecule has 0 saturated carbocycles. The molecule has 2 aromatic rings. The van der Waals surface area contributed by atoms with Crippen molar-refractivity contribution >= 4 is 5.91 Å². The van der Waals surface area contributed by atoms with Crippen LogP contribution in [0.4, 0.5) is 0 Å². The first-order valence-corrected chi connectivity index (χ1v) is 8.25. The summed E-state index contributed by atoms with van der Waals surface area (Å²) in [7, 11) is 0. The highest BCUT2D eigenvalue weighted by atomic mass is 16.5. The van der Waals surface area contributed by atoms with E-state index in [2.05, 4.69) is 5.16 Å². The van der Waals surface area contributed by atoms with E-state index >= 15 is 0 Å². The molecule has 0 N–H and O–H groups in total. The molecule has 0 unspecified atom stereocenters. The first kappa shape index (κ1) is 14.3. The molecule has 2 aliphatic heterocycles. The average Bonchev–Trinajstić information content (AvgIpc) is 2.81. The number of aryl methyl sites for hydroxylation is 1. The standard InChI is InChI=1S/C18H20N2O3/c1-12-6-7-15-13(10-12)17-14(11-22-15)16(19-23-17)18(21)20-8-4-2-3-5-9-20/h6-7,10H,2-5,8-9,11H2,1H3. The second-order valence-corrected chi connectivity index (χ2v) is 6.33. The van der Waals surface area contributed by atoms with E-state index in [1.54, 1.807) is 0 Å². The van der Waals surface area contributed by atoms with E-state index in [1.165, 1.54) is 12.8 Å². The summed E-state index contributed by atoms with van der Waals surface area (Å²) in [5, 5.41) is 4.09. The largest absolute Gasteiger partial charge is 0.488 e. The first-order chi connectivity index (χ1) is 11.2. The second kappa shape index (κ2) is 5.72. The van der Waals surface area contributed by atoms with Crippen molar-refractivity contribution in [2.75, 3.05) is 13.1 Å². The minimum atomic E-state index is -0.0309. The van der Waals surface area contributed by atoms with Gasteiger partial charge in [-0.2, -0.15) is 0 Å². The van der Waals surface area contributed by atoms with E-state index in [1.807, 2.05) is 30.0 Å². The van der Waals surface area contributed by atoms with Gasteiger partial charge in [-0.15, -0.1) is 0 Å². The summed E-state index contributed by atoms with van der Waals surface area (Å²) < 4.78 is 11.3. The molecule has 1 amide bonds. The van der Waals surface area contributed by atoms with Gasteiger partial charge in [0.2, 0.25) is 0 Å². The van der Waals surface area contributed by atoms with Crippen LogP contribution in [0, 0.1) is 6.92 Å². The van der Waals surface area contributed by atoms with Gasteiger partial charge in [0.15, 0.2) is 11.5 Å². The third-order valence-corrected chi connectivity index (χ3v) is 4.64. The van der Waals surface area contributed by atoms with Crippen LogP contribution in [-0.4, -0.2) is 29.1 Å². The molecule has 0 atom stereocenters. The van der Waals surface area contributed by atoms with Gasteiger partial charge in [-0.25, -0.2) is 0 Å². The highest BCUT2D eigenvalue weighted by Gasteiger charge is 2.31. The Morgan fingerprint density at radius 3 is 2.74 bits per heavy atom. The van der Waals surface area contributed by atoms with Crippen molar-refractivity contribution in [3.63, 3.8) is 0 Å². The molecule has 0 aliphatic carbocycles. The van der Waals surface area contributed by atoms with Gasteiger partial charge in [-0.1, -0.05) is 29.6 Å². The Hall–Kier alpha value is -2.30. The number of fused-ring (bicyclic) bond motifs is 3. The van der Waals surface area contributed by atoms with Gasteiger partial charge in [0.1, 0.15) is 12.4 Å². The van der Waals surface area contributed by atoms with Crippen molar-refractivity contribution in [1.82, 2.24) is 10.1 Å². The molecule has 5 nitrogen and oxygen atoms in total. The Bertz CT molecular complexity index is 743. The average molecular weight is 312 g/mol. The number of aromatic nitrogens is 1. The van der Waals surface area contributed by atoms with Crippen LogP contribution in [0.2, 0.25) is 0 Å². The van der Waals surface area contributed by atoms with E-state index in [4.69, 9.17) is 9.26 Å². The third-order valence-electron chi connectivity index (χ3n) is 4.64. The first-order valence-electron chi connectivity index (χ1n) is 8.25. The molecule has 5 heteroatoms. The van der Waals surface area contributed by atoms with E-state index in [-0.39, 0.29) is 5.91 Å². The maximum absolute atomic E-state index is 12.8. The number of likely N-dealkylation sites (tertiary alicyclic amines) is 1. The van der Waals surface area contributed by atoms with Gasteiger partial charge < -0.3 is 14.2 Å². The summed E-state index contributed by atoms with van der Waals surface area (Å²) in [4.78, 5) is 14.7. The maximum atomic E-state index is 12.8. The smallest absolute Gasteiger partial charge is 0.276 e. The van der Waals surface area contributed by atoms with Crippen molar-refractivity contribution in [2.24, 2.45) is 0 Å². The highest BCUT2D eigenvalue weighted by Crippen LogP contribution is 2.39. The van der Waals surface area contributed by atoms with Gasteiger partial charge in [0.25, 0.3) is 5.91 Å². The van der Waals surface area contributed by atoms with Crippen LogP contribution in [0.3, 0.4) is 0 Å². The quantitative estimate of drug-likeness (QED) is 0.808. The van der Waals surface area contributed by atoms with Crippen LogP contribution >= 0.6 is 0 Å². The molecule has 0 radical (unpaired) electrons. The van der Waals surface area contributed by atoms with Crippen LogP contribution in [0.25, 0.3) is 11.3 Å². The summed E-state index contributed by atoms with van der Waals surface area (Å²) in [5.74, 6) is 1.43. The van der Waals surface area contributed by atoms with Crippen LogP contribution in [-0.2, 0) is 6.61 Å². The number of nitrogens with zero attached hydrogens (tertiary/aromatic N) is 2. The SMILES string of the molecule is Cc1ccc2c(c1)-c1onc(C(=O)N3CCCCCC3)c1CO2. The molecule has 1 fully saturated rings. The summed E-state index contributed by atoms with van der Waals surface area (Å²) in [6.45, 7) is 3.96. The fraction of sp³-hybridized carbons (Fsp3) is 0.444. The summed E-state index contributed by atoms with van der Waals surface area (Å²) in [6, 6.07) is 5.95. The molecule has 1 saturated heterocycles. The molecule has 1 aromatic heterocycles. The lowest BCUT2D eigenvalue weighted by Gasteiger charge is -2.20. The molecule has 0 spiro atoms. The van der Waals surface area contributed by atoms with E-state index in [0.29, 0.717) is 18.1 Å². The second-order valence-electron chi connectivity index (χ2n) is 6.33. The van der Waals surface area contributed by atoms with Crippen molar-refractivity contribution in [3.8, 4) is 17.1 Å². The predicted molar refractivity (Wildman–Crippen MR) is 85.4 cm³/mol. The normalized spacial score (nSPS) is 17.0. The fourth-order valence-electron chi connectivity index (χ4n) is 3.34. The van der Waals surface area contributed by atoms with E-state index in [0.717, 1.165) is 48.4 Å².